The topological polar surface area (TPSA) is 33.1 Å². The molecule has 1 aliphatic heterocycles. The molecule has 0 amide bonds. The molecule has 1 saturated heterocycles. The van der Waals surface area contributed by atoms with E-state index in [1.807, 2.05) is 0 Å². The highest BCUT2D eigenvalue weighted by Crippen LogP contribution is 2.26. The van der Waals surface area contributed by atoms with Gasteiger partial charge >= 0.3 is 0 Å². The largest absolute Gasteiger partial charge is 0.420 e. The van der Waals surface area contributed by atoms with Crippen molar-refractivity contribution in [2.24, 2.45) is 5.41 Å². The van der Waals surface area contributed by atoms with Crippen LogP contribution >= 0.6 is 0 Å². The minimum absolute atomic E-state index is 0.0911. The fourth-order valence-electron chi connectivity index (χ4n) is 1.69. The van der Waals surface area contributed by atoms with Crippen molar-refractivity contribution in [2.45, 2.75) is 52.1 Å². The first kappa shape index (κ1) is 11.9. The Morgan fingerprint density at radius 1 is 1.43 bits per heavy atom. The first-order valence-electron chi connectivity index (χ1n) is 5.76. The van der Waals surface area contributed by atoms with Gasteiger partial charge in [0.15, 0.2) is 9.04 Å². The molecule has 0 saturated carbocycles. The summed E-state index contributed by atoms with van der Waals surface area (Å²) in [5.41, 5.74) is 1.01. The van der Waals surface area contributed by atoms with Gasteiger partial charge in [0.05, 0.1) is 0 Å². The van der Waals surface area contributed by atoms with Crippen LogP contribution in [-0.4, -0.2) is 21.4 Å². The average Bonchev–Trinajstić information content (AvgIpc) is 2.19. The Labute approximate surface area is 89.3 Å². The van der Waals surface area contributed by atoms with E-state index in [1.54, 1.807) is 0 Å². The van der Waals surface area contributed by atoms with Gasteiger partial charge in [0.25, 0.3) is 0 Å². The molecule has 3 heteroatoms. The molecule has 2 nitrogen and oxygen atoms in total. The summed E-state index contributed by atoms with van der Waals surface area (Å²) in [6.07, 6.45) is 3.62. The molecule has 1 unspecified atom stereocenters. The quantitative estimate of drug-likeness (QED) is 0.565. The van der Waals surface area contributed by atoms with E-state index in [0.717, 1.165) is 24.8 Å². The molecule has 14 heavy (non-hydrogen) atoms. The summed E-state index contributed by atoms with van der Waals surface area (Å²) in [6, 6.07) is 2.25. The van der Waals surface area contributed by atoms with Crippen molar-refractivity contribution in [3.05, 3.63) is 0 Å². The van der Waals surface area contributed by atoms with E-state index < -0.39 is 9.04 Å². The van der Waals surface area contributed by atoms with Crippen LogP contribution in [0.15, 0.2) is 0 Å². The molecule has 0 aromatic heterocycles. The van der Waals surface area contributed by atoms with Crippen LogP contribution < -0.4 is 0 Å². The number of hydrogen-bond donors (Lipinski definition) is 1. The second kappa shape index (κ2) is 5.08. The fourth-order valence-corrected chi connectivity index (χ4v) is 4.43. The molecule has 0 bridgehead atoms. The monoisotopic (exact) mass is 213 g/mol. The third-order valence-corrected chi connectivity index (χ3v) is 6.03. The zero-order valence-electron chi connectivity index (χ0n) is 9.73. The lowest BCUT2D eigenvalue weighted by molar-refractivity contribution is 0.288. The van der Waals surface area contributed by atoms with Gasteiger partial charge in [0.2, 0.25) is 0 Å². The van der Waals surface area contributed by atoms with Crippen molar-refractivity contribution in [1.29, 1.82) is 5.41 Å². The van der Waals surface area contributed by atoms with Crippen LogP contribution in [0, 0.1) is 10.8 Å². The highest BCUT2D eigenvalue weighted by atomic mass is 28.3. The number of rotatable bonds is 4. The van der Waals surface area contributed by atoms with Crippen LogP contribution in [0.2, 0.25) is 12.1 Å². The maximum atomic E-state index is 8.08. The van der Waals surface area contributed by atoms with Gasteiger partial charge in [-0.25, -0.2) is 0 Å². The van der Waals surface area contributed by atoms with Crippen LogP contribution in [0.5, 0.6) is 0 Å². The molecule has 1 heterocycles. The Bertz CT molecular complexity index is 197. The molecule has 1 N–H and O–H groups in total. The number of nitrogens with one attached hydrogen (secondary N) is 1. The maximum absolute atomic E-state index is 8.08. The molecule has 0 spiro atoms. The van der Waals surface area contributed by atoms with Crippen LogP contribution in [0.3, 0.4) is 0 Å². The molecule has 0 radical (unpaired) electrons. The van der Waals surface area contributed by atoms with Gasteiger partial charge in [-0.15, -0.1) is 0 Å². The summed E-state index contributed by atoms with van der Waals surface area (Å²) in [6.45, 7) is 7.47. The van der Waals surface area contributed by atoms with Gasteiger partial charge in [-0.2, -0.15) is 0 Å². The highest BCUT2D eigenvalue weighted by molar-refractivity contribution is 6.56. The van der Waals surface area contributed by atoms with Crippen molar-refractivity contribution >= 4 is 14.8 Å². The Kier molecular flexibility index (Phi) is 4.32. The molecule has 1 rings (SSSR count). The van der Waals surface area contributed by atoms with Crippen LogP contribution in [-0.2, 0) is 4.43 Å². The van der Waals surface area contributed by atoms with E-state index in [2.05, 4.69) is 20.8 Å². The molecule has 0 aromatic carbocycles. The van der Waals surface area contributed by atoms with E-state index in [1.165, 1.54) is 18.9 Å². The van der Waals surface area contributed by atoms with Gasteiger partial charge in [0.1, 0.15) is 0 Å². The van der Waals surface area contributed by atoms with E-state index in [0.29, 0.717) is 0 Å². The first-order chi connectivity index (χ1) is 6.56. The SMILES string of the molecule is CCC(C)(C)C(=N)C[SiH]1CCCCO1. The lowest BCUT2D eigenvalue weighted by atomic mass is 9.85. The van der Waals surface area contributed by atoms with Crippen molar-refractivity contribution in [3.8, 4) is 0 Å². The Balaban J connectivity index is 2.39. The maximum Gasteiger partial charge on any atom is 0.182 e. The van der Waals surface area contributed by atoms with Gasteiger partial charge in [0, 0.05) is 23.8 Å². The minimum Gasteiger partial charge on any atom is -0.420 e. The molecule has 82 valence electrons. The van der Waals surface area contributed by atoms with Crippen LogP contribution in [0.1, 0.15) is 40.0 Å². The third kappa shape index (κ3) is 3.21. The van der Waals surface area contributed by atoms with E-state index in [4.69, 9.17) is 9.84 Å². The van der Waals surface area contributed by atoms with Crippen molar-refractivity contribution < 1.29 is 4.43 Å². The third-order valence-electron chi connectivity index (χ3n) is 3.41. The smallest absolute Gasteiger partial charge is 0.182 e. The lowest BCUT2D eigenvalue weighted by Crippen LogP contribution is -2.31. The van der Waals surface area contributed by atoms with Crippen molar-refractivity contribution in [2.75, 3.05) is 6.61 Å². The summed E-state index contributed by atoms with van der Waals surface area (Å²) in [4.78, 5) is 0. The fraction of sp³-hybridized carbons (Fsp3) is 0.909. The summed E-state index contributed by atoms with van der Waals surface area (Å²) in [5, 5.41) is 8.08. The standard InChI is InChI=1S/C11H23NOSi/c1-4-11(2,3)10(12)9-14-8-6-5-7-13-14/h12,14H,4-9H2,1-3H3. The van der Waals surface area contributed by atoms with E-state index >= 15 is 0 Å². The Morgan fingerprint density at radius 2 is 2.14 bits per heavy atom. The van der Waals surface area contributed by atoms with Gasteiger partial charge < -0.3 is 9.84 Å². The highest BCUT2D eigenvalue weighted by Gasteiger charge is 2.26. The lowest BCUT2D eigenvalue weighted by Gasteiger charge is -2.28. The predicted octanol–water partition coefficient (Wildman–Crippen LogP) is 2.98. The molecular formula is C11H23NOSi. The predicted molar refractivity (Wildman–Crippen MR) is 63.7 cm³/mol. The molecule has 1 aliphatic rings. The van der Waals surface area contributed by atoms with Crippen molar-refractivity contribution in [3.63, 3.8) is 0 Å². The molecular weight excluding hydrogens is 190 g/mol. The summed E-state index contributed by atoms with van der Waals surface area (Å²) in [5.74, 6) is 0. The normalized spacial score (nSPS) is 23.5. The second-order valence-corrected chi connectivity index (χ2v) is 7.47. The van der Waals surface area contributed by atoms with E-state index in [9.17, 15) is 0 Å². The van der Waals surface area contributed by atoms with Gasteiger partial charge in [-0.05, 0) is 18.9 Å². The second-order valence-electron chi connectivity index (χ2n) is 4.91. The van der Waals surface area contributed by atoms with E-state index in [-0.39, 0.29) is 5.41 Å². The Morgan fingerprint density at radius 3 is 2.64 bits per heavy atom. The summed E-state index contributed by atoms with van der Waals surface area (Å²) < 4.78 is 5.79. The molecule has 1 fully saturated rings. The molecule has 0 aromatic rings. The van der Waals surface area contributed by atoms with Gasteiger partial charge in [-0.3, -0.25) is 0 Å². The zero-order chi connectivity index (χ0) is 10.6. The Hall–Kier alpha value is -0.153. The number of hydrogen-bond acceptors (Lipinski definition) is 2. The van der Waals surface area contributed by atoms with Crippen LogP contribution in [0.4, 0.5) is 0 Å². The van der Waals surface area contributed by atoms with Gasteiger partial charge in [-0.1, -0.05) is 27.2 Å². The first-order valence-corrected chi connectivity index (χ1v) is 7.86. The van der Waals surface area contributed by atoms with Crippen molar-refractivity contribution in [1.82, 2.24) is 0 Å². The molecule has 0 aliphatic carbocycles. The molecule has 1 atom stereocenters. The summed E-state index contributed by atoms with van der Waals surface area (Å²) >= 11 is 0. The zero-order valence-corrected chi connectivity index (χ0v) is 10.9. The average molecular weight is 213 g/mol. The van der Waals surface area contributed by atoms with Crippen LogP contribution in [0.25, 0.3) is 0 Å². The summed E-state index contributed by atoms with van der Waals surface area (Å²) in [7, 11) is -1.02. The minimum atomic E-state index is -1.02.